The van der Waals surface area contributed by atoms with Crippen molar-refractivity contribution in [1.29, 1.82) is 0 Å². The van der Waals surface area contributed by atoms with Crippen molar-refractivity contribution in [3.8, 4) is 0 Å². The second-order valence-electron chi connectivity index (χ2n) is 8.06. The molecule has 0 aromatic heterocycles. The van der Waals surface area contributed by atoms with Gasteiger partial charge < -0.3 is 10.4 Å². The largest absolute Gasteiger partial charge is 0.394 e. The number of allylic oxidation sites excluding steroid dienone is 4. The Kier molecular flexibility index (Phi) is 18.9. The van der Waals surface area contributed by atoms with Gasteiger partial charge in [-0.1, -0.05) is 77.2 Å². The zero-order valence-corrected chi connectivity index (χ0v) is 18.2. The molecule has 3 heteroatoms. The van der Waals surface area contributed by atoms with Crippen LogP contribution >= 0.6 is 0 Å². The van der Waals surface area contributed by atoms with Crippen LogP contribution < -0.4 is 5.32 Å². The van der Waals surface area contributed by atoms with Crippen LogP contribution in [0.5, 0.6) is 0 Å². The number of unbranched alkanes of at least 4 members (excludes halogenated alkanes) is 8. The Bertz CT molecular complexity index is 388. The molecule has 0 aliphatic carbocycles. The molecule has 2 N–H and O–H groups in total. The van der Waals surface area contributed by atoms with E-state index in [0.717, 1.165) is 32.1 Å². The molecule has 158 valence electrons. The lowest BCUT2D eigenvalue weighted by molar-refractivity contribution is -0.122. The maximum atomic E-state index is 11.9. The maximum Gasteiger partial charge on any atom is 0.220 e. The Hall–Kier alpha value is -1.09. The fourth-order valence-corrected chi connectivity index (χ4v) is 3.14. The number of aliphatic hydroxyl groups excluding tert-OH is 1. The summed E-state index contributed by atoms with van der Waals surface area (Å²) in [4.78, 5) is 11.9. The van der Waals surface area contributed by atoms with Crippen molar-refractivity contribution in [2.24, 2.45) is 5.92 Å². The van der Waals surface area contributed by atoms with E-state index in [1.165, 1.54) is 44.9 Å². The standard InChI is InChI=1S/C24H45NO2/c1-4-5-6-7-8-9-10-11-12-13-14-15-16-17-18-19-24(27)25-23(21-26)20-22(2)3/h8-9,11-12,22-23,26H,4-7,10,13-21H2,1-3H3,(H,25,27)/b9-8-,12-11-/t23-/m0/s1. The summed E-state index contributed by atoms with van der Waals surface area (Å²) in [6.07, 6.45) is 23.7. The van der Waals surface area contributed by atoms with E-state index in [2.05, 4.69) is 50.4 Å². The molecule has 0 aromatic rings. The average molecular weight is 380 g/mol. The van der Waals surface area contributed by atoms with Gasteiger partial charge in [0.15, 0.2) is 0 Å². The highest BCUT2D eigenvalue weighted by Gasteiger charge is 2.12. The molecule has 0 saturated carbocycles. The quantitative estimate of drug-likeness (QED) is 0.216. The zero-order valence-electron chi connectivity index (χ0n) is 18.2. The van der Waals surface area contributed by atoms with Gasteiger partial charge in [0, 0.05) is 6.42 Å². The Balaban J connectivity index is 3.46. The van der Waals surface area contributed by atoms with Crippen LogP contribution in [-0.2, 0) is 4.79 Å². The molecule has 0 bridgehead atoms. The van der Waals surface area contributed by atoms with Crippen LogP contribution in [0.3, 0.4) is 0 Å². The predicted molar refractivity (Wildman–Crippen MR) is 118 cm³/mol. The summed E-state index contributed by atoms with van der Waals surface area (Å²) in [5.41, 5.74) is 0. The molecule has 0 radical (unpaired) electrons. The average Bonchev–Trinajstić information content (AvgIpc) is 2.64. The molecular weight excluding hydrogens is 334 g/mol. The first-order valence-corrected chi connectivity index (χ1v) is 11.3. The molecule has 0 spiro atoms. The van der Waals surface area contributed by atoms with Crippen molar-refractivity contribution in [3.63, 3.8) is 0 Å². The number of amides is 1. The van der Waals surface area contributed by atoms with Crippen molar-refractivity contribution < 1.29 is 9.90 Å². The minimum atomic E-state index is -0.0875. The molecule has 0 unspecified atom stereocenters. The SMILES string of the molecule is CCCCC/C=C\C/C=C\CCCCCCCC(=O)N[C@H](CO)CC(C)C. The van der Waals surface area contributed by atoms with Gasteiger partial charge in [-0.25, -0.2) is 0 Å². The number of aliphatic hydroxyl groups is 1. The van der Waals surface area contributed by atoms with Gasteiger partial charge in [0.1, 0.15) is 0 Å². The van der Waals surface area contributed by atoms with E-state index in [-0.39, 0.29) is 18.6 Å². The molecule has 0 aliphatic heterocycles. The number of nitrogens with one attached hydrogen (secondary N) is 1. The first-order chi connectivity index (χ1) is 13.1. The molecule has 0 rings (SSSR count). The Morgan fingerprint density at radius 1 is 0.889 bits per heavy atom. The van der Waals surface area contributed by atoms with Crippen molar-refractivity contribution in [1.82, 2.24) is 5.32 Å². The third-order valence-electron chi connectivity index (χ3n) is 4.70. The Morgan fingerprint density at radius 3 is 2.07 bits per heavy atom. The van der Waals surface area contributed by atoms with Gasteiger partial charge >= 0.3 is 0 Å². The summed E-state index contributed by atoms with van der Waals surface area (Å²) in [6, 6.07) is -0.0875. The molecular formula is C24H45NO2. The van der Waals surface area contributed by atoms with Crippen LogP contribution in [0.2, 0.25) is 0 Å². The summed E-state index contributed by atoms with van der Waals surface area (Å²) in [5.74, 6) is 0.568. The van der Waals surface area contributed by atoms with Gasteiger partial charge in [0.05, 0.1) is 12.6 Å². The first kappa shape index (κ1) is 25.9. The minimum Gasteiger partial charge on any atom is -0.394 e. The molecule has 1 atom stereocenters. The minimum absolute atomic E-state index is 0.0338. The molecule has 0 heterocycles. The third-order valence-corrected chi connectivity index (χ3v) is 4.70. The Morgan fingerprint density at radius 2 is 1.48 bits per heavy atom. The van der Waals surface area contributed by atoms with E-state index in [1.54, 1.807) is 0 Å². The lowest BCUT2D eigenvalue weighted by Crippen LogP contribution is -2.38. The monoisotopic (exact) mass is 379 g/mol. The number of rotatable bonds is 18. The van der Waals surface area contributed by atoms with Gasteiger partial charge in [0.25, 0.3) is 0 Å². The number of carbonyl (C=O) groups is 1. The van der Waals surface area contributed by atoms with Crippen LogP contribution in [0.4, 0.5) is 0 Å². The van der Waals surface area contributed by atoms with Crippen LogP contribution in [0.25, 0.3) is 0 Å². The highest BCUT2D eigenvalue weighted by molar-refractivity contribution is 5.76. The highest BCUT2D eigenvalue weighted by atomic mass is 16.3. The fraction of sp³-hybridized carbons (Fsp3) is 0.792. The number of hydrogen-bond acceptors (Lipinski definition) is 2. The molecule has 0 aromatic carbocycles. The lowest BCUT2D eigenvalue weighted by atomic mass is 10.0. The van der Waals surface area contributed by atoms with E-state index < -0.39 is 0 Å². The van der Waals surface area contributed by atoms with E-state index in [1.807, 2.05) is 0 Å². The van der Waals surface area contributed by atoms with E-state index in [0.29, 0.717) is 12.3 Å². The molecule has 0 fully saturated rings. The maximum absolute atomic E-state index is 11.9. The molecule has 1 amide bonds. The van der Waals surface area contributed by atoms with Crippen molar-refractivity contribution in [2.75, 3.05) is 6.61 Å². The predicted octanol–water partition coefficient (Wildman–Crippen LogP) is 6.32. The first-order valence-electron chi connectivity index (χ1n) is 11.3. The summed E-state index contributed by atoms with van der Waals surface area (Å²) < 4.78 is 0. The molecule has 0 aliphatic rings. The summed E-state index contributed by atoms with van der Waals surface area (Å²) >= 11 is 0. The van der Waals surface area contributed by atoms with Gasteiger partial charge in [-0.3, -0.25) is 4.79 Å². The van der Waals surface area contributed by atoms with Crippen LogP contribution in [-0.4, -0.2) is 23.7 Å². The topological polar surface area (TPSA) is 49.3 Å². The van der Waals surface area contributed by atoms with Crippen LogP contribution in [0.1, 0.15) is 104 Å². The van der Waals surface area contributed by atoms with Gasteiger partial charge in [-0.15, -0.1) is 0 Å². The second kappa shape index (κ2) is 19.7. The summed E-state index contributed by atoms with van der Waals surface area (Å²) in [7, 11) is 0. The number of hydrogen-bond donors (Lipinski definition) is 2. The molecule has 27 heavy (non-hydrogen) atoms. The lowest BCUT2D eigenvalue weighted by Gasteiger charge is -2.18. The van der Waals surface area contributed by atoms with Gasteiger partial charge in [0.2, 0.25) is 5.91 Å². The summed E-state index contributed by atoms with van der Waals surface area (Å²) in [6.45, 7) is 6.49. The fourth-order valence-electron chi connectivity index (χ4n) is 3.14. The van der Waals surface area contributed by atoms with Crippen molar-refractivity contribution in [2.45, 2.75) is 110 Å². The smallest absolute Gasteiger partial charge is 0.220 e. The van der Waals surface area contributed by atoms with Gasteiger partial charge in [-0.05, 0) is 50.9 Å². The zero-order chi connectivity index (χ0) is 20.2. The second-order valence-corrected chi connectivity index (χ2v) is 8.06. The molecule has 3 nitrogen and oxygen atoms in total. The Labute approximate surface area is 168 Å². The molecule has 0 saturated heterocycles. The highest BCUT2D eigenvalue weighted by Crippen LogP contribution is 2.09. The van der Waals surface area contributed by atoms with Crippen molar-refractivity contribution >= 4 is 5.91 Å². The van der Waals surface area contributed by atoms with Crippen LogP contribution in [0, 0.1) is 5.92 Å². The van der Waals surface area contributed by atoms with E-state index in [4.69, 9.17) is 0 Å². The van der Waals surface area contributed by atoms with Crippen LogP contribution in [0.15, 0.2) is 24.3 Å². The van der Waals surface area contributed by atoms with Gasteiger partial charge in [-0.2, -0.15) is 0 Å². The van der Waals surface area contributed by atoms with Crippen molar-refractivity contribution in [3.05, 3.63) is 24.3 Å². The number of carbonyl (C=O) groups excluding carboxylic acids is 1. The normalized spacial score (nSPS) is 13.1. The third kappa shape index (κ3) is 19.5. The van der Waals surface area contributed by atoms with E-state index >= 15 is 0 Å². The van der Waals surface area contributed by atoms with E-state index in [9.17, 15) is 9.90 Å². The summed E-state index contributed by atoms with van der Waals surface area (Å²) in [5, 5.41) is 12.2.